The van der Waals surface area contributed by atoms with E-state index in [0.717, 1.165) is 0 Å². The summed E-state index contributed by atoms with van der Waals surface area (Å²) in [6.07, 6.45) is 2.97. The number of carbonyl (C=O) groups excluding carboxylic acids is 1. The Bertz CT molecular complexity index is 491. The number of nitro benzene ring substituents is 1. The second kappa shape index (κ2) is 5.77. The molecule has 0 heterocycles. The van der Waals surface area contributed by atoms with Crippen molar-refractivity contribution in [1.29, 1.82) is 0 Å². The van der Waals surface area contributed by atoms with Gasteiger partial charge >= 0.3 is 5.97 Å². The number of hydrogen-bond acceptors (Lipinski definition) is 4. The highest BCUT2D eigenvalue weighted by atomic mass is 16.6. The zero-order valence-electron chi connectivity index (χ0n) is 10.0. The van der Waals surface area contributed by atoms with Gasteiger partial charge in [-0.15, -0.1) is 0 Å². The SMILES string of the molecule is C=Cc1cc([N+](=O)[O-])cc(C=C)c1CC(=O)OC. The van der Waals surface area contributed by atoms with Gasteiger partial charge in [0, 0.05) is 12.1 Å². The van der Waals surface area contributed by atoms with Crippen LogP contribution in [0.3, 0.4) is 0 Å². The molecule has 0 saturated carbocycles. The van der Waals surface area contributed by atoms with Crippen molar-refractivity contribution in [1.82, 2.24) is 0 Å². The molecule has 0 saturated heterocycles. The Morgan fingerprint density at radius 1 is 1.39 bits per heavy atom. The van der Waals surface area contributed by atoms with Crippen LogP contribution >= 0.6 is 0 Å². The molecule has 5 nitrogen and oxygen atoms in total. The molecule has 0 aliphatic heterocycles. The molecule has 0 amide bonds. The second-order valence-electron chi connectivity index (χ2n) is 3.52. The van der Waals surface area contributed by atoms with Crippen molar-refractivity contribution in [3.63, 3.8) is 0 Å². The third-order valence-electron chi connectivity index (χ3n) is 2.50. The van der Waals surface area contributed by atoms with Gasteiger partial charge in [0.25, 0.3) is 5.69 Å². The van der Waals surface area contributed by atoms with Crippen LogP contribution in [0.1, 0.15) is 16.7 Å². The van der Waals surface area contributed by atoms with Gasteiger partial charge < -0.3 is 4.74 Å². The molecule has 0 N–H and O–H groups in total. The van der Waals surface area contributed by atoms with Crippen LogP contribution < -0.4 is 0 Å². The van der Waals surface area contributed by atoms with E-state index in [0.29, 0.717) is 16.7 Å². The number of benzene rings is 1. The standard InChI is InChI=1S/C13H13NO4/c1-4-9-6-11(14(16)17)7-10(5-2)12(9)8-13(15)18-3/h4-7H,1-2,8H2,3H3. The van der Waals surface area contributed by atoms with Gasteiger partial charge in [0.1, 0.15) is 0 Å². The van der Waals surface area contributed by atoms with E-state index in [2.05, 4.69) is 17.9 Å². The van der Waals surface area contributed by atoms with E-state index in [-0.39, 0.29) is 12.1 Å². The van der Waals surface area contributed by atoms with Crippen LogP contribution in [0, 0.1) is 10.1 Å². The molecular formula is C13H13NO4. The smallest absolute Gasteiger partial charge is 0.310 e. The summed E-state index contributed by atoms with van der Waals surface area (Å²) in [6, 6.07) is 2.75. The number of ether oxygens (including phenoxy) is 1. The quantitative estimate of drug-likeness (QED) is 0.455. The lowest BCUT2D eigenvalue weighted by atomic mass is 9.97. The lowest BCUT2D eigenvalue weighted by Crippen LogP contribution is -2.08. The predicted octanol–water partition coefficient (Wildman–Crippen LogP) is 2.60. The van der Waals surface area contributed by atoms with Crippen LogP contribution in [0.15, 0.2) is 25.3 Å². The first kappa shape index (κ1) is 13.6. The Morgan fingerprint density at radius 2 is 1.89 bits per heavy atom. The topological polar surface area (TPSA) is 69.4 Å². The van der Waals surface area contributed by atoms with Crippen LogP contribution in [-0.4, -0.2) is 18.0 Å². The summed E-state index contributed by atoms with van der Waals surface area (Å²) in [5.41, 5.74) is 1.62. The fourth-order valence-corrected chi connectivity index (χ4v) is 1.59. The van der Waals surface area contributed by atoms with Crippen LogP contribution in [0.25, 0.3) is 12.2 Å². The summed E-state index contributed by atoms with van der Waals surface area (Å²) >= 11 is 0. The van der Waals surface area contributed by atoms with Gasteiger partial charge in [0.05, 0.1) is 18.5 Å². The van der Waals surface area contributed by atoms with Gasteiger partial charge in [-0.1, -0.05) is 25.3 Å². The van der Waals surface area contributed by atoms with E-state index in [1.807, 2.05) is 0 Å². The monoisotopic (exact) mass is 247 g/mol. The minimum absolute atomic E-state index is 0.0250. The number of methoxy groups -OCH3 is 1. The Balaban J connectivity index is 3.38. The fourth-order valence-electron chi connectivity index (χ4n) is 1.59. The average molecular weight is 247 g/mol. The van der Waals surface area contributed by atoms with Crippen LogP contribution in [-0.2, 0) is 16.0 Å². The van der Waals surface area contributed by atoms with Crippen molar-refractivity contribution in [2.24, 2.45) is 0 Å². The fraction of sp³-hybridized carbons (Fsp3) is 0.154. The van der Waals surface area contributed by atoms with Crippen molar-refractivity contribution >= 4 is 23.8 Å². The van der Waals surface area contributed by atoms with Crippen LogP contribution in [0.2, 0.25) is 0 Å². The molecule has 0 radical (unpaired) electrons. The van der Waals surface area contributed by atoms with Gasteiger partial charge in [-0.3, -0.25) is 14.9 Å². The lowest BCUT2D eigenvalue weighted by molar-refractivity contribution is -0.384. The maximum atomic E-state index is 11.3. The second-order valence-corrected chi connectivity index (χ2v) is 3.52. The third kappa shape index (κ3) is 2.82. The highest BCUT2D eigenvalue weighted by molar-refractivity contribution is 5.78. The normalized spacial score (nSPS) is 9.61. The molecule has 1 rings (SSSR count). The third-order valence-corrected chi connectivity index (χ3v) is 2.50. The van der Waals surface area contributed by atoms with Crippen molar-refractivity contribution in [2.45, 2.75) is 6.42 Å². The molecule has 0 aliphatic rings. The summed E-state index contributed by atoms with van der Waals surface area (Å²) in [4.78, 5) is 21.6. The summed E-state index contributed by atoms with van der Waals surface area (Å²) in [6.45, 7) is 7.18. The van der Waals surface area contributed by atoms with E-state index >= 15 is 0 Å². The number of rotatable bonds is 5. The van der Waals surface area contributed by atoms with Crippen molar-refractivity contribution < 1.29 is 14.5 Å². The van der Waals surface area contributed by atoms with Gasteiger partial charge in [-0.05, 0) is 16.7 Å². The first-order valence-electron chi connectivity index (χ1n) is 5.16. The van der Waals surface area contributed by atoms with Crippen molar-refractivity contribution in [2.75, 3.05) is 7.11 Å². The number of non-ortho nitro benzene ring substituents is 1. The first-order valence-corrected chi connectivity index (χ1v) is 5.16. The molecule has 18 heavy (non-hydrogen) atoms. The Labute approximate surface area is 105 Å². The number of hydrogen-bond donors (Lipinski definition) is 0. The number of carbonyl (C=O) groups is 1. The summed E-state index contributed by atoms with van der Waals surface area (Å²) < 4.78 is 4.59. The molecule has 94 valence electrons. The molecule has 1 aromatic rings. The maximum absolute atomic E-state index is 11.3. The minimum atomic E-state index is -0.498. The molecule has 0 atom stereocenters. The maximum Gasteiger partial charge on any atom is 0.310 e. The van der Waals surface area contributed by atoms with Crippen molar-refractivity contribution in [3.05, 3.63) is 52.1 Å². The largest absolute Gasteiger partial charge is 0.469 e. The molecule has 5 heteroatoms. The number of nitro groups is 1. The molecule has 0 unspecified atom stereocenters. The van der Waals surface area contributed by atoms with E-state index in [1.165, 1.54) is 31.4 Å². The average Bonchev–Trinajstić information content (AvgIpc) is 2.38. The molecule has 0 aliphatic carbocycles. The predicted molar refractivity (Wildman–Crippen MR) is 69.0 cm³/mol. The highest BCUT2D eigenvalue weighted by Crippen LogP contribution is 2.25. The zero-order valence-corrected chi connectivity index (χ0v) is 10.0. The Hall–Kier alpha value is -2.43. The van der Waals surface area contributed by atoms with E-state index in [1.54, 1.807) is 0 Å². The van der Waals surface area contributed by atoms with E-state index in [9.17, 15) is 14.9 Å². The zero-order chi connectivity index (χ0) is 13.7. The molecule has 1 aromatic carbocycles. The highest BCUT2D eigenvalue weighted by Gasteiger charge is 2.16. The molecule has 0 bridgehead atoms. The Morgan fingerprint density at radius 3 is 2.22 bits per heavy atom. The van der Waals surface area contributed by atoms with Crippen LogP contribution in [0.5, 0.6) is 0 Å². The van der Waals surface area contributed by atoms with Gasteiger partial charge in [-0.2, -0.15) is 0 Å². The summed E-state index contributed by atoms with van der Waals surface area (Å²) in [5.74, 6) is -0.421. The number of esters is 1. The van der Waals surface area contributed by atoms with E-state index in [4.69, 9.17) is 0 Å². The van der Waals surface area contributed by atoms with Crippen LogP contribution in [0.4, 0.5) is 5.69 Å². The lowest BCUT2D eigenvalue weighted by Gasteiger charge is -2.09. The first-order chi connectivity index (χ1) is 8.53. The Kier molecular flexibility index (Phi) is 4.37. The molecule has 0 fully saturated rings. The van der Waals surface area contributed by atoms with E-state index < -0.39 is 10.9 Å². The van der Waals surface area contributed by atoms with Crippen molar-refractivity contribution in [3.8, 4) is 0 Å². The van der Waals surface area contributed by atoms with Gasteiger partial charge in [0.15, 0.2) is 0 Å². The molecule has 0 spiro atoms. The summed E-state index contributed by atoms with van der Waals surface area (Å²) in [7, 11) is 1.29. The number of nitrogens with zero attached hydrogens (tertiary/aromatic N) is 1. The van der Waals surface area contributed by atoms with Gasteiger partial charge in [-0.25, -0.2) is 0 Å². The minimum Gasteiger partial charge on any atom is -0.469 e. The van der Waals surface area contributed by atoms with Gasteiger partial charge in [0.2, 0.25) is 0 Å². The summed E-state index contributed by atoms with van der Waals surface area (Å²) in [5, 5.41) is 10.8. The molecular weight excluding hydrogens is 234 g/mol. The molecule has 0 aromatic heterocycles.